The predicted octanol–water partition coefficient (Wildman–Crippen LogP) is 2.22. The van der Waals surface area contributed by atoms with Gasteiger partial charge in [-0.15, -0.1) is 0 Å². The Balaban J connectivity index is 2.73. The molecule has 1 nitrogen and oxygen atoms in total. The van der Waals surface area contributed by atoms with Crippen LogP contribution >= 0.6 is 0 Å². The van der Waals surface area contributed by atoms with E-state index in [1.54, 1.807) is 0 Å². The van der Waals surface area contributed by atoms with Crippen LogP contribution in [0.3, 0.4) is 0 Å². The molecule has 1 aliphatic carbocycles. The van der Waals surface area contributed by atoms with Crippen molar-refractivity contribution in [2.75, 3.05) is 0 Å². The van der Waals surface area contributed by atoms with E-state index in [2.05, 4.69) is 27.4 Å². The highest BCUT2D eigenvalue weighted by atomic mass is 16.3. The van der Waals surface area contributed by atoms with E-state index in [4.69, 9.17) is 0 Å². The van der Waals surface area contributed by atoms with Crippen molar-refractivity contribution in [1.82, 2.24) is 0 Å². The lowest BCUT2D eigenvalue weighted by Gasteiger charge is -2.15. The SMILES string of the molecule is C=C1C(C(C)O)C1(C)C(C)C. The van der Waals surface area contributed by atoms with Crippen molar-refractivity contribution >= 4 is 0 Å². The maximum absolute atomic E-state index is 9.39. The van der Waals surface area contributed by atoms with E-state index in [0.29, 0.717) is 11.8 Å². The highest BCUT2D eigenvalue weighted by Gasteiger charge is 2.58. The average molecular weight is 154 g/mol. The zero-order valence-corrected chi connectivity index (χ0v) is 7.89. The van der Waals surface area contributed by atoms with Crippen LogP contribution in [0.4, 0.5) is 0 Å². The van der Waals surface area contributed by atoms with Gasteiger partial charge in [0.2, 0.25) is 0 Å². The van der Waals surface area contributed by atoms with Gasteiger partial charge in [-0.05, 0) is 18.3 Å². The van der Waals surface area contributed by atoms with Crippen molar-refractivity contribution in [3.63, 3.8) is 0 Å². The van der Waals surface area contributed by atoms with Gasteiger partial charge in [-0.1, -0.05) is 32.9 Å². The molecule has 0 amide bonds. The highest BCUT2D eigenvalue weighted by molar-refractivity contribution is 5.36. The molecule has 0 bridgehead atoms. The van der Waals surface area contributed by atoms with Gasteiger partial charge in [0.1, 0.15) is 0 Å². The first-order valence-corrected chi connectivity index (χ1v) is 4.29. The maximum atomic E-state index is 9.39. The van der Waals surface area contributed by atoms with E-state index in [9.17, 15) is 5.11 Å². The molecule has 3 atom stereocenters. The molecule has 1 fully saturated rings. The molecule has 0 aromatic carbocycles. The largest absolute Gasteiger partial charge is 0.393 e. The number of aliphatic hydroxyl groups excluding tert-OH is 1. The second-order valence-electron chi connectivity index (χ2n) is 4.18. The molecule has 1 rings (SSSR count). The average Bonchev–Trinajstić information content (AvgIpc) is 2.37. The minimum absolute atomic E-state index is 0.203. The lowest BCUT2D eigenvalue weighted by atomic mass is 9.90. The molecule has 1 N–H and O–H groups in total. The van der Waals surface area contributed by atoms with Crippen LogP contribution in [-0.4, -0.2) is 11.2 Å². The Labute approximate surface area is 69.1 Å². The topological polar surface area (TPSA) is 20.2 Å². The van der Waals surface area contributed by atoms with Crippen LogP contribution in [0.5, 0.6) is 0 Å². The molecule has 0 spiro atoms. The molecule has 3 unspecified atom stereocenters. The summed E-state index contributed by atoms with van der Waals surface area (Å²) in [7, 11) is 0. The van der Waals surface area contributed by atoms with Gasteiger partial charge in [-0.3, -0.25) is 0 Å². The third kappa shape index (κ3) is 1.02. The minimum atomic E-state index is -0.227. The molecule has 0 aliphatic heterocycles. The molecule has 0 heterocycles. The van der Waals surface area contributed by atoms with Crippen molar-refractivity contribution in [2.24, 2.45) is 17.3 Å². The van der Waals surface area contributed by atoms with Crippen molar-refractivity contribution < 1.29 is 5.11 Å². The number of hydrogen-bond acceptors (Lipinski definition) is 1. The summed E-state index contributed by atoms with van der Waals surface area (Å²) < 4.78 is 0. The highest BCUT2D eigenvalue weighted by Crippen LogP contribution is 2.63. The molecule has 1 saturated carbocycles. The van der Waals surface area contributed by atoms with E-state index in [0.717, 1.165) is 0 Å². The maximum Gasteiger partial charge on any atom is 0.0585 e. The summed E-state index contributed by atoms with van der Waals surface area (Å²) in [4.78, 5) is 0. The fraction of sp³-hybridized carbons (Fsp3) is 0.800. The van der Waals surface area contributed by atoms with Crippen LogP contribution in [0.1, 0.15) is 27.7 Å². The van der Waals surface area contributed by atoms with Crippen LogP contribution in [0.15, 0.2) is 12.2 Å². The van der Waals surface area contributed by atoms with E-state index in [1.165, 1.54) is 5.57 Å². The zero-order valence-electron chi connectivity index (χ0n) is 7.89. The van der Waals surface area contributed by atoms with Gasteiger partial charge in [-0.25, -0.2) is 0 Å². The second kappa shape index (κ2) is 2.34. The van der Waals surface area contributed by atoms with Crippen molar-refractivity contribution in [1.29, 1.82) is 0 Å². The molecule has 0 aromatic heterocycles. The van der Waals surface area contributed by atoms with E-state index >= 15 is 0 Å². The summed E-state index contributed by atoms with van der Waals surface area (Å²) in [6, 6.07) is 0. The first-order chi connectivity index (χ1) is 4.92. The quantitative estimate of drug-likeness (QED) is 0.605. The zero-order chi connectivity index (χ0) is 8.81. The van der Waals surface area contributed by atoms with Crippen LogP contribution in [0.2, 0.25) is 0 Å². The van der Waals surface area contributed by atoms with Gasteiger partial charge in [0.25, 0.3) is 0 Å². The lowest BCUT2D eigenvalue weighted by molar-refractivity contribution is 0.143. The van der Waals surface area contributed by atoms with Crippen molar-refractivity contribution in [2.45, 2.75) is 33.8 Å². The lowest BCUT2D eigenvalue weighted by Crippen LogP contribution is -2.14. The summed E-state index contributed by atoms with van der Waals surface area (Å²) in [5, 5.41) is 9.39. The fourth-order valence-corrected chi connectivity index (χ4v) is 2.09. The Morgan fingerprint density at radius 1 is 1.45 bits per heavy atom. The number of hydrogen-bond donors (Lipinski definition) is 1. The van der Waals surface area contributed by atoms with Gasteiger partial charge in [0.15, 0.2) is 0 Å². The number of aliphatic hydroxyl groups is 1. The fourth-order valence-electron chi connectivity index (χ4n) is 2.09. The minimum Gasteiger partial charge on any atom is -0.393 e. The summed E-state index contributed by atoms with van der Waals surface area (Å²) in [6.07, 6.45) is -0.227. The van der Waals surface area contributed by atoms with Crippen LogP contribution in [-0.2, 0) is 0 Å². The third-order valence-electron chi connectivity index (χ3n) is 3.31. The smallest absolute Gasteiger partial charge is 0.0585 e. The summed E-state index contributed by atoms with van der Waals surface area (Å²) >= 11 is 0. The van der Waals surface area contributed by atoms with Gasteiger partial charge < -0.3 is 5.11 Å². The normalized spacial score (nSPS) is 39.5. The molecule has 0 saturated heterocycles. The molecule has 1 heteroatoms. The van der Waals surface area contributed by atoms with E-state index < -0.39 is 0 Å². The van der Waals surface area contributed by atoms with E-state index in [1.807, 2.05) is 6.92 Å². The van der Waals surface area contributed by atoms with Crippen LogP contribution in [0.25, 0.3) is 0 Å². The molecule has 0 radical (unpaired) electrons. The van der Waals surface area contributed by atoms with Crippen molar-refractivity contribution in [3.05, 3.63) is 12.2 Å². The Hall–Kier alpha value is -0.300. The Bertz CT molecular complexity index is 181. The second-order valence-corrected chi connectivity index (χ2v) is 4.18. The monoisotopic (exact) mass is 154 g/mol. The van der Waals surface area contributed by atoms with Crippen molar-refractivity contribution in [3.8, 4) is 0 Å². The van der Waals surface area contributed by atoms with Crippen LogP contribution in [0, 0.1) is 17.3 Å². The number of rotatable bonds is 2. The van der Waals surface area contributed by atoms with Gasteiger partial charge in [-0.2, -0.15) is 0 Å². The van der Waals surface area contributed by atoms with Crippen LogP contribution < -0.4 is 0 Å². The molecule has 1 aliphatic rings. The van der Waals surface area contributed by atoms with E-state index in [-0.39, 0.29) is 11.5 Å². The molecule has 0 aromatic rings. The molecular formula is C10H18O. The first-order valence-electron chi connectivity index (χ1n) is 4.29. The summed E-state index contributed by atoms with van der Waals surface area (Å²) in [5.74, 6) is 0.928. The third-order valence-corrected chi connectivity index (χ3v) is 3.31. The van der Waals surface area contributed by atoms with Gasteiger partial charge in [0, 0.05) is 5.92 Å². The van der Waals surface area contributed by atoms with Gasteiger partial charge >= 0.3 is 0 Å². The molecule has 11 heavy (non-hydrogen) atoms. The Morgan fingerprint density at radius 2 is 1.91 bits per heavy atom. The van der Waals surface area contributed by atoms with Gasteiger partial charge in [0.05, 0.1) is 6.10 Å². The predicted molar refractivity (Wildman–Crippen MR) is 47.3 cm³/mol. The Morgan fingerprint density at radius 3 is 2.00 bits per heavy atom. The Kier molecular flexibility index (Phi) is 1.87. The standard InChI is InChI=1S/C10H18O/c1-6(2)10(5)7(3)9(10)8(4)11/h6,8-9,11H,3H2,1-2,4-5H3. The summed E-state index contributed by atoms with van der Waals surface area (Å²) in [6.45, 7) is 12.4. The molecular weight excluding hydrogens is 136 g/mol. The summed E-state index contributed by atoms with van der Waals surface area (Å²) in [5.41, 5.74) is 1.43. The first kappa shape index (κ1) is 8.79. The molecule has 64 valence electrons.